The van der Waals surface area contributed by atoms with Crippen molar-refractivity contribution in [3.8, 4) is 0 Å². The molecule has 0 bridgehead atoms. The highest BCUT2D eigenvalue weighted by Gasteiger charge is 2.43. The molecule has 3 unspecified atom stereocenters. The Labute approximate surface area is 127 Å². The van der Waals surface area contributed by atoms with Gasteiger partial charge in [0.2, 0.25) is 0 Å². The summed E-state index contributed by atoms with van der Waals surface area (Å²) in [5, 5.41) is 8.12. The quantitative estimate of drug-likeness (QED) is 0.920. The maximum absolute atomic E-state index is 6.07. The predicted molar refractivity (Wildman–Crippen MR) is 81.2 cm³/mol. The van der Waals surface area contributed by atoms with Crippen molar-refractivity contribution >= 4 is 0 Å². The Morgan fingerprint density at radius 2 is 2.38 bits per heavy atom. The molecule has 0 saturated carbocycles. The predicted octanol–water partition coefficient (Wildman–Crippen LogP) is 1.83. The molecule has 5 heteroatoms. The van der Waals surface area contributed by atoms with Crippen LogP contribution in [0.5, 0.6) is 0 Å². The van der Waals surface area contributed by atoms with Gasteiger partial charge in [0, 0.05) is 26.7 Å². The summed E-state index contributed by atoms with van der Waals surface area (Å²) >= 11 is 0. The first-order valence-electron chi connectivity index (χ1n) is 8.09. The zero-order valence-corrected chi connectivity index (χ0v) is 13.4. The number of hydrogen-bond acceptors (Lipinski definition) is 4. The average molecular weight is 293 g/mol. The van der Waals surface area contributed by atoms with Crippen LogP contribution in [0.2, 0.25) is 0 Å². The van der Waals surface area contributed by atoms with Gasteiger partial charge in [0.25, 0.3) is 0 Å². The normalized spacial score (nSPS) is 30.9. The van der Waals surface area contributed by atoms with Crippen LogP contribution in [-0.4, -0.2) is 42.2 Å². The highest BCUT2D eigenvalue weighted by molar-refractivity contribution is 5.16. The second-order valence-electron chi connectivity index (χ2n) is 6.39. The third-order valence-electron chi connectivity index (χ3n) is 5.03. The van der Waals surface area contributed by atoms with E-state index < -0.39 is 0 Å². The monoisotopic (exact) mass is 293 g/mol. The van der Waals surface area contributed by atoms with Gasteiger partial charge in [0.05, 0.1) is 29.6 Å². The van der Waals surface area contributed by atoms with Crippen LogP contribution in [0.4, 0.5) is 0 Å². The zero-order chi connectivity index (χ0) is 14.9. The van der Waals surface area contributed by atoms with Crippen LogP contribution in [0.1, 0.15) is 43.6 Å². The third kappa shape index (κ3) is 2.87. The smallest absolute Gasteiger partial charge is 0.0940 e. The SMILES string of the molecule is CCc1cc(C(NC)C2CCOC3(CCOC3)C2)n(C)n1. The second kappa shape index (κ2) is 6.07. The molecule has 2 aliphatic heterocycles. The first-order chi connectivity index (χ1) is 10.2. The molecule has 2 fully saturated rings. The van der Waals surface area contributed by atoms with Crippen molar-refractivity contribution in [2.24, 2.45) is 13.0 Å². The number of nitrogens with one attached hydrogen (secondary N) is 1. The summed E-state index contributed by atoms with van der Waals surface area (Å²) in [4.78, 5) is 0. The van der Waals surface area contributed by atoms with Crippen LogP contribution in [-0.2, 0) is 22.9 Å². The van der Waals surface area contributed by atoms with E-state index >= 15 is 0 Å². The van der Waals surface area contributed by atoms with E-state index in [1.165, 1.54) is 11.4 Å². The number of aromatic nitrogens is 2. The van der Waals surface area contributed by atoms with Crippen molar-refractivity contribution in [1.29, 1.82) is 0 Å². The number of hydrogen-bond donors (Lipinski definition) is 1. The molecule has 0 radical (unpaired) electrons. The minimum Gasteiger partial charge on any atom is -0.378 e. The Balaban J connectivity index is 1.80. The molecule has 1 aromatic rings. The Morgan fingerprint density at radius 1 is 1.52 bits per heavy atom. The van der Waals surface area contributed by atoms with Crippen molar-refractivity contribution in [2.75, 3.05) is 26.9 Å². The topological polar surface area (TPSA) is 48.3 Å². The van der Waals surface area contributed by atoms with Crippen molar-refractivity contribution in [1.82, 2.24) is 15.1 Å². The van der Waals surface area contributed by atoms with Gasteiger partial charge in [-0.25, -0.2) is 0 Å². The lowest BCUT2D eigenvalue weighted by atomic mass is 9.80. The maximum atomic E-state index is 6.07. The molecule has 0 amide bonds. The molecule has 5 nitrogen and oxygen atoms in total. The average Bonchev–Trinajstić information content (AvgIpc) is 3.08. The standard InChI is InChI=1S/C16H27N3O2/c1-4-13-9-14(19(3)18-13)15(17-2)12-5-7-21-16(10-12)6-8-20-11-16/h9,12,15,17H,4-8,10-11H2,1-3H3. The Morgan fingerprint density at radius 3 is 3.00 bits per heavy atom. The van der Waals surface area contributed by atoms with E-state index in [0.717, 1.165) is 45.5 Å². The molecular weight excluding hydrogens is 266 g/mol. The minimum absolute atomic E-state index is 0.0375. The highest BCUT2D eigenvalue weighted by atomic mass is 16.6. The molecule has 21 heavy (non-hydrogen) atoms. The molecule has 0 aliphatic carbocycles. The first kappa shape index (κ1) is 15.0. The van der Waals surface area contributed by atoms with Crippen LogP contribution in [0.25, 0.3) is 0 Å². The summed E-state index contributed by atoms with van der Waals surface area (Å²) in [5.41, 5.74) is 2.42. The molecule has 1 spiro atoms. The van der Waals surface area contributed by atoms with Crippen molar-refractivity contribution in [2.45, 2.75) is 44.2 Å². The van der Waals surface area contributed by atoms with Gasteiger partial charge >= 0.3 is 0 Å². The fourth-order valence-corrected chi connectivity index (χ4v) is 3.85. The van der Waals surface area contributed by atoms with Gasteiger partial charge in [-0.1, -0.05) is 6.92 Å². The van der Waals surface area contributed by atoms with E-state index in [2.05, 4.69) is 30.5 Å². The van der Waals surface area contributed by atoms with Crippen molar-refractivity contribution in [3.63, 3.8) is 0 Å². The van der Waals surface area contributed by atoms with E-state index in [1.54, 1.807) is 0 Å². The number of ether oxygens (including phenoxy) is 2. The lowest BCUT2D eigenvalue weighted by Gasteiger charge is -2.40. The van der Waals surface area contributed by atoms with E-state index in [9.17, 15) is 0 Å². The van der Waals surface area contributed by atoms with E-state index in [0.29, 0.717) is 12.0 Å². The molecular formula is C16H27N3O2. The molecule has 2 aliphatic rings. The fourth-order valence-electron chi connectivity index (χ4n) is 3.85. The van der Waals surface area contributed by atoms with Crippen molar-refractivity contribution < 1.29 is 9.47 Å². The second-order valence-corrected chi connectivity index (χ2v) is 6.39. The summed E-state index contributed by atoms with van der Waals surface area (Å²) in [7, 11) is 4.10. The van der Waals surface area contributed by atoms with Gasteiger partial charge in [0.15, 0.2) is 0 Å². The van der Waals surface area contributed by atoms with Gasteiger partial charge < -0.3 is 14.8 Å². The zero-order valence-electron chi connectivity index (χ0n) is 13.4. The number of aryl methyl sites for hydroxylation is 2. The lowest BCUT2D eigenvalue weighted by Crippen LogP contribution is -2.44. The van der Waals surface area contributed by atoms with Crippen LogP contribution in [0.15, 0.2) is 6.07 Å². The van der Waals surface area contributed by atoms with Gasteiger partial charge in [-0.2, -0.15) is 5.10 Å². The van der Waals surface area contributed by atoms with Crippen molar-refractivity contribution in [3.05, 3.63) is 17.5 Å². The molecule has 118 valence electrons. The number of nitrogens with zero attached hydrogens (tertiary/aromatic N) is 2. The third-order valence-corrected chi connectivity index (χ3v) is 5.03. The number of rotatable bonds is 4. The van der Waals surface area contributed by atoms with Gasteiger partial charge in [-0.15, -0.1) is 0 Å². The lowest BCUT2D eigenvalue weighted by molar-refractivity contribution is -0.103. The van der Waals surface area contributed by atoms with Crippen LogP contribution < -0.4 is 5.32 Å². The summed E-state index contributed by atoms with van der Waals surface area (Å²) in [6, 6.07) is 2.58. The van der Waals surface area contributed by atoms with Gasteiger partial charge in [-0.3, -0.25) is 4.68 Å². The van der Waals surface area contributed by atoms with Crippen LogP contribution >= 0.6 is 0 Å². The van der Waals surface area contributed by atoms with E-state index in [-0.39, 0.29) is 5.60 Å². The Bertz CT molecular complexity index is 480. The maximum Gasteiger partial charge on any atom is 0.0940 e. The summed E-state index contributed by atoms with van der Waals surface area (Å²) in [5.74, 6) is 0.575. The van der Waals surface area contributed by atoms with Gasteiger partial charge in [-0.05, 0) is 38.3 Å². The Kier molecular flexibility index (Phi) is 4.33. The highest BCUT2D eigenvalue weighted by Crippen LogP contribution is 2.40. The van der Waals surface area contributed by atoms with Crippen LogP contribution in [0, 0.1) is 5.92 Å². The summed E-state index contributed by atoms with van der Waals surface area (Å²) < 4.78 is 13.7. The largest absolute Gasteiger partial charge is 0.378 e. The van der Waals surface area contributed by atoms with Crippen LogP contribution in [0.3, 0.4) is 0 Å². The summed E-state index contributed by atoms with van der Waals surface area (Å²) in [6.45, 7) is 4.58. The van der Waals surface area contributed by atoms with E-state index in [1.807, 2.05) is 11.7 Å². The molecule has 3 atom stereocenters. The molecule has 1 aromatic heterocycles. The van der Waals surface area contributed by atoms with Gasteiger partial charge in [0.1, 0.15) is 0 Å². The fraction of sp³-hybridized carbons (Fsp3) is 0.812. The molecule has 1 N–H and O–H groups in total. The molecule has 3 rings (SSSR count). The first-order valence-corrected chi connectivity index (χ1v) is 8.09. The minimum atomic E-state index is -0.0375. The molecule has 2 saturated heterocycles. The summed E-state index contributed by atoms with van der Waals surface area (Å²) in [6.07, 6.45) is 4.19. The molecule has 0 aromatic carbocycles. The Hall–Kier alpha value is -0.910. The van der Waals surface area contributed by atoms with E-state index in [4.69, 9.17) is 9.47 Å². The molecule has 3 heterocycles.